The second-order valence-electron chi connectivity index (χ2n) is 9.12. The second-order valence-corrected chi connectivity index (χ2v) is 9.50. The predicted octanol–water partition coefficient (Wildman–Crippen LogP) is 6.65. The summed E-state index contributed by atoms with van der Waals surface area (Å²) >= 11 is 6.19. The summed E-state index contributed by atoms with van der Waals surface area (Å²) in [5, 5.41) is -0.359. The standard InChI is InChI=1S/C30H31ClF3NO5/c1-21(36)40-27(23-10-4-3-5-11-23)20-35(19-24-12-7-14-26(29(24)31)30(32,33)34)15-8-16-39-25-13-6-9-22(17-25)18-28(37)38-2/h3-7,9-14,17,27H,8,15-16,18-20H2,1-2H3. The third-order valence-electron chi connectivity index (χ3n) is 6.04. The van der Waals surface area contributed by atoms with E-state index in [0.717, 1.165) is 17.2 Å². The molecule has 40 heavy (non-hydrogen) atoms. The van der Waals surface area contributed by atoms with Gasteiger partial charge in [0.2, 0.25) is 0 Å². The van der Waals surface area contributed by atoms with Gasteiger partial charge in [0.1, 0.15) is 11.9 Å². The number of esters is 2. The molecule has 214 valence electrons. The van der Waals surface area contributed by atoms with Crippen molar-refractivity contribution in [2.75, 3.05) is 26.8 Å². The van der Waals surface area contributed by atoms with Crippen molar-refractivity contribution >= 4 is 23.5 Å². The SMILES string of the molecule is COC(=O)Cc1cccc(OCCCN(Cc2cccc(C(F)(F)F)c2Cl)CC(OC(C)=O)c2ccccc2)c1. The summed E-state index contributed by atoms with van der Waals surface area (Å²) in [6.45, 7) is 2.36. The summed E-state index contributed by atoms with van der Waals surface area (Å²) in [5.74, 6) is -0.251. The monoisotopic (exact) mass is 577 g/mol. The number of hydrogen-bond donors (Lipinski definition) is 0. The first-order valence-corrected chi connectivity index (χ1v) is 13.0. The topological polar surface area (TPSA) is 65.1 Å². The van der Waals surface area contributed by atoms with Crippen LogP contribution < -0.4 is 4.74 Å². The van der Waals surface area contributed by atoms with Gasteiger partial charge in [-0.2, -0.15) is 13.2 Å². The van der Waals surface area contributed by atoms with Gasteiger partial charge in [0, 0.05) is 26.6 Å². The molecule has 0 saturated carbocycles. The highest BCUT2D eigenvalue weighted by Gasteiger charge is 2.34. The number of carbonyl (C=O) groups is 2. The molecule has 1 unspecified atom stereocenters. The van der Waals surface area contributed by atoms with Gasteiger partial charge in [0.15, 0.2) is 0 Å². The first-order chi connectivity index (χ1) is 19.1. The lowest BCUT2D eigenvalue weighted by molar-refractivity contribution is -0.148. The van der Waals surface area contributed by atoms with Crippen molar-refractivity contribution < 1.29 is 37.0 Å². The Morgan fingerprint density at radius 3 is 2.40 bits per heavy atom. The molecule has 3 rings (SSSR count). The lowest BCUT2D eigenvalue weighted by atomic mass is 10.1. The largest absolute Gasteiger partial charge is 0.494 e. The van der Waals surface area contributed by atoms with E-state index < -0.39 is 23.8 Å². The molecule has 0 aromatic heterocycles. The zero-order valence-corrected chi connectivity index (χ0v) is 23.0. The van der Waals surface area contributed by atoms with Crippen LogP contribution in [0.2, 0.25) is 5.02 Å². The van der Waals surface area contributed by atoms with Gasteiger partial charge in [-0.1, -0.05) is 66.2 Å². The zero-order chi connectivity index (χ0) is 29.1. The third-order valence-corrected chi connectivity index (χ3v) is 6.49. The van der Waals surface area contributed by atoms with Crippen molar-refractivity contribution in [3.8, 4) is 5.75 Å². The lowest BCUT2D eigenvalue weighted by Crippen LogP contribution is -2.32. The van der Waals surface area contributed by atoms with Crippen LogP contribution in [0.15, 0.2) is 72.8 Å². The highest BCUT2D eigenvalue weighted by atomic mass is 35.5. The number of methoxy groups -OCH3 is 1. The van der Waals surface area contributed by atoms with E-state index in [0.29, 0.717) is 30.9 Å². The molecule has 0 fully saturated rings. The van der Waals surface area contributed by atoms with Gasteiger partial charge in [-0.3, -0.25) is 14.5 Å². The van der Waals surface area contributed by atoms with Crippen molar-refractivity contribution in [2.45, 2.75) is 38.6 Å². The number of rotatable bonds is 13. The van der Waals surface area contributed by atoms with Crippen LogP contribution >= 0.6 is 11.6 Å². The Bertz CT molecular complexity index is 1270. The molecular formula is C30H31ClF3NO5. The molecule has 6 nitrogen and oxygen atoms in total. The first-order valence-electron chi connectivity index (χ1n) is 12.6. The minimum Gasteiger partial charge on any atom is -0.494 e. The quantitative estimate of drug-likeness (QED) is 0.167. The van der Waals surface area contributed by atoms with Gasteiger partial charge in [-0.05, 0) is 41.3 Å². The van der Waals surface area contributed by atoms with Crippen LogP contribution in [0, 0.1) is 0 Å². The predicted molar refractivity (Wildman–Crippen MR) is 145 cm³/mol. The normalized spacial score (nSPS) is 12.2. The maximum Gasteiger partial charge on any atom is 0.417 e. The first kappa shape index (κ1) is 31.0. The number of halogens is 4. The summed E-state index contributed by atoms with van der Waals surface area (Å²) in [6.07, 6.45) is -4.59. The van der Waals surface area contributed by atoms with Crippen molar-refractivity contribution in [3.63, 3.8) is 0 Å². The molecule has 0 amide bonds. The van der Waals surface area contributed by atoms with Gasteiger partial charge in [-0.15, -0.1) is 0 Å². The smallest absolute Gasteiger partial charge is 0.417 e. The summed E-state index contributed by atoms with van der Waals surface area (Å²) in [4.78, 5) is 25.3. The third kappa shape index (κ3) is 9.57. The summed E-state index contributed by atoms with van der Waals surface area (Å²) < 4.78 is 56.6. The van der Waals surface area contributed by atoms with Crippen LogP contribution in [-0.4, -0.2) is 43.6 Å². The number of alkyl halides is 3. The molecule has 0 aliphatic rings. The number of ether oxygens (including phenoxy) is 3. The zero-order valence-electron chi connectivity index (χ0n) is 22.2. The fourth-order valence-electron chi connectivity index (χ4n) is 4.17. The molecular weight excluding hydrogens is 547 g/mol. The molecule has 0 N–H and O–H groups in total. The molecule has 0 aliphatic carbocycles. The van der Waals surface area contributed by atoms with E-state index in [1.54, 1.807) is 30.3 Å². The number of nitrogens with zero attached hydrogens (tertiary/aromatic N) is 1. The molecule has 0 heterocycles. The average Bonchev–Trinajstić information content (AvgIpc) is 2.91. The van der Waals surface area contributed by atoms with E-state index in [2.05, 4.69) is 0 Å². The molecule has 0 saturated heterocycles. The molecule has 3 aromatic rings. The van der Waals surface area contributed by atoms with Crippen LogP contribution in [0.25, 0.3) is 0 Å². The van der Waals surface area contributed by atoms with E-state index in [1.807, 2.05) is 35.2 Å². The van der Waals surface area contributed by atoms with Crippen molar-refractivity contribution in [1.82, 2.24) is 4.90 Å². The van der Waals surface area contributed by atoms with E-state index in [-0.39, 0.29) is 30.5 Å². The van der Waals surface area contributed by atoms with Gasteiger partial charge >= 0.3 is 18.1 Å². The van der Waals surface area contributed by atoms with Gasteiger partial charge in [-0.25, -0.2) is 0 Å². The van der Waals surface area contributed by atoms with E-state index in [1.165, 1.54) is 20.1 Å². The summed E-state index contributed by atoms with van der Waals surface area (Å²) in [7, 11) is 1.32. The Hall–Kier alpha value is -3.56. The van der Waals surface area contributed by atoms with Gasteiger partial charge in [0.25, 0.3) is 0 Å². The van der Waals surface area contributed by atoms with Crippen molar-refractivity contribution in [3.05, 3.63) is 100 Å². The Morgan fingerprint density at radius 2 is 1.73 bits per heavy atom. The lowest BCUT2D eigenvalue weighted by Gasteiger charge is -2.28. The van der Waals surface area contributed by atoms with E-state index in [9.17, 15) is 22.8 Å². The molecule has 3 aromatic carbocycles. The summed E-state index contributed by atoms with van der Waals surface area (Å²) in [5.41, 5.74) is 0.915. The fourth-order valence-corrected chi connectivity index (χ4v) is 4.47. The molecule has 0 bridgehead atoms. The molecule has 0 aliphatic heterocycles. The maximum absolute atomic E-state index is 13.5. The van der Waals surface area contributed by atoms with E-state index in [4.69, 9.17) is 25.8 Å². The Kier molecular flexibility index (Phi) is 11.4. The summed E-state index contributed by atoms with van der Waals surface area (Å²) in [6, 6.07) is 20.1. The fraction of sp³-hybridized carbons (Fsp3) is 0.333. The molecule has 0 radical (unpaired) electrons. The van der Waals surface area contributed by atoms with Crippen molar-refractivity contribution in [1.29, 1.82) is 0 Å². The van der Waals surface area contributed by atoms with Crippen LogP contribution in [0.1, 0.15) is 41.7 Å². The highest BCUT2D eigenvalue weighted by Crippen LogP contribution is 2.36. The van der Waals surface area contributed by atoms with Crippen LogP contribution in [-0.2, 0) is 38.2 Å². The number of benzene rings is 3. The van der Waals surface area contributed by atoms with E-state index >= 15 is 0 Å². The minimum absolute atomic E-state index is 0.0992. The average molecular weight is 578 g/mol. The molecule has 10 heteroatoms. The number of carbonyl (C=O) groups excluding carboxylic acids is 2. The highest BCUT2D eigenvalue weighted by molar-refractivity contribution is 6.32. The Morgan fingerprint density at radius 1 is 1.00 bits per heavy atom. The van der Waals surface area contributed by atoms with Gasteiger partial charge < -0.3 is 14.2 Å². The van der Waals surface area contributed by atoms with Crippen LogP contribution in [0.5, 0.6) is 5.75 Å². The molecule has 0 spiro atoms. The minimum atomic E-state index is -4.58. The Balaban J connectivity index is 1.75. The van der Waals surface area contributed by atoms with Gasteiger partial charge in [0.05, 0.1) is 30.7 Å². The van der Waals surface area contributed by atoms with Crippen molar-refractivity contribution in [2.24, 2.45) is 0 Å². The maximum atomic E-state index is 13.5. The second kappa shape index (κ2) is 14.7. The number of hydrogen-bond acceptors (Lipinski definition) is 6. The Labute approximate surface area is 236 Å². The van der Waals surface area contributed by atoms with Crippen LogP contribution in [0.3, 0.4) is 0 Å². The van der Waals surface area contributed by atoms with Crippen LogP contribution in [0.4, 0.5) is 13.2 Å². The molecule has 1 atom stereocenters.